The number of hydrogen-bond donors (Lipinski definition) is 1. The fourth-order valence-electron chi connectivity index (χ4n) is 2.83. The Balaban J connectivity index is 1.91. The molecular formula is C14H18N2O3. The average molecular weight is 262 g/mol. The summed E-state index contributed by atoms with van der Waals surface area (Å²) in [7, 11) is 1.65. The number of amides is 1. The zero-order valence-electron chi connectivity index (χ0n) is 11.0. The van der Waals surface area contributed by atoms with Crippen LogP contribution in [0.25, 0.3) is 0 Å². The van der Waals surface area contributed by atoms with Crippen LogP contribution in [0.15, 0.2) is 24.3 Å². The summed E-state index contributed by atoms with van der Waals surface area (Å²) in [5.41, 5.74) is 1.00. The highest BCUT2D eigenvalue weighted by atomic mass is 16.5. The highest BCUT2D eigenvalue weighted by molar-refractivity contribution is 5.81. The maximum atomic E-state index is 12.1. The number of nitrogens with one attached hydrogen (secondary N) is 1. The van der Waals surface area contributed by atoms with Gasteiger partial charge in [-0.25, -0.2) is 0 Å². The molecule has 2 heterocycles. The van der Waals surface area contributed by atoms with Crippen molar-refractivity contribution in [3.63, 3.8) is 0 Å². The molecule has 102 valence electrons. The third-order valence-electron chi connectivity index (χ3n) is 3.75. The Hall–Kier alpha value is -1.59. The minimum atomic E-state index is -0.115. The number of carbonyl (C=O) groups is 1. The summed E-state index contributed by atoms with van der Waals surface area (Å²) in [4.78, 5) is 14.0. The Kier molecular flexibility index (Phi) is 3.40. The van der Waals surface area contributed by atoms with Crippen molar-refractivity contribution in [1.82, 2.24) is 10.2 Å². The van der Waals surface area contributed by atoms with E-state index in [4.69, 9.17) is 9.47 Å². The van der Waals surface area contributed by atoms with Crippen molar-refractivity contribution in [1.29, 1.82) is 0 Å². The van der Waals surface area contributed by atoms with Crippen LogP contribution in [-0.2, 0) is 9.53 Å². The summed E-state index contributed by atoms with van der Waals surface area (Å²) >= 11 is 0. The second-order valence-electron chi connectivity index (χ2n) is 4.84. The van der Waals surface area contributed by atoms with Gasteiger partial charge in [0, 0.05) is 12.2 Å². The predicted octanol–water partition coefficient (Wildman–Crippen LogP) is 0.914. The molecule has 0 aliphatic carbocycles. The molecule has 1 amide bonds. The van der Waals surface area contributed by atoms with Gasteiger partial charge in [0.2, 0.25) is 5.91 Å². The third-order valence-corrected chi connectivity index (χ3v) is 3.75. The molecule has 19 heavy (non-hydrogen) atoms. The van der Waals surface area contributed by atoms with Crippen LogP contribution in [0.3, 0.4) is 0 Å². The van der Waals surface area contributed by atoms with E-state index < -0.39 is 0 Å². The van der Waals surface area contributed by atoms with Crippen LogP contribution < -0.4 is 10.1 Å². The maximum absolute atomic E-state index is 12.1. The van der Waals surface area contributed by atoms with Crippen LogP contribution in [0, 0.1) is 0 Å². The van der Waals surface area contributed by atoms with Gasteiger partial charge in [0.1, 0.15) is 11.9 Å². The van der Waals surface area contributed by atoms with Crippen molar-refractivity contribution in [2.45, 2.75) is 18.6 Å². The maximum Gasteiger partial charge on any atom is 0.238 e. The number of hydrogen-bond acceptors (Lipinski definition) is 4. The van der Waals surface area contributed by atoms with E-state index in [2.05, 4.69) is 5.32 Å². The molecule has 2 aliphatic rings. The first-order valence-corrected chi connectivity index (χ1v) is 6.56. The van der Waals surface area contributed by atoms with Gasteiger partial charge < -0.3 is 14.4 Å². The monoisotopic (exact) mass is 262 g/mol. The van der Waals surface area contributed by atoms with E-state index in [0.29, 0.717) is 13.2 Å². The standard InChI is InChI=1S/C14H18N2O3/c1-18-12-5-3-2-4-11(12)14-15-8-13(17)16(14)10-6-7-19-9-10/h2-5,10,14-15H,6-9H2,1H3. The second kappa shape index (κ2) is 5.19. The largest absolute Gasteiger partial charge is 0.496 e. The third kappa shape index (κ3) is 2.19. The van der Waals surface area contributed by atoms with Gasteiger partial charge >= 0.3 is 0 Å². The molecule has 1 aromatic rings. The van der Waals surface area contributed by atoms with Crippen molar-refractivity contribution in [2.24, 2.45) is 0 Å². The summed E-state index contributed by atoms with van der Waals surface area (Å²) in [6, 6.07) is 7.98. The molecule has 0 saturated carbocycles. The Labute approximate surface area is 112 Å². The summed E-state index contributed by atoms with van der Waals surface area (Å²) in [5.74, 6) is 0.935. The number of nitrogens with zero attached hydrogens (tertiary/aromatic N) is 1. The topological polar surface area (TPSA) is 50.8 Å². The van der Waals surface area contributed by atoms with Gasteiger partial charge in [-0.2, -0.15) is 0 Å². The van der Waals surface area contributed by atoms with Crippen molar-refractivity contribution in [3.05, 3.63) is 29.8 Å². The smallest absolute Gasteiger partial charge is 0.238 e. The van der Waals surface area contributed by atoms with Crippen LogP contribution in [0.1, 0.15) is 18.2 Å². The lowest BCUT2D eigenvalue weighted by atomic mass is 10.1. The molecule has 0 spiro atoms. The number of carbonyl (C=O) groups excluding carboxylic acids is 1. The molecule has 0 radical (unpaired) electrons. The number of ether oxygens (including phenoxy) is 2. The van der Waals surface area contributed by atoms with Crippen molar-refractivity contribution in [2.75, 3.05) is 26.9 Å². The number of para-hydroxylation sites is 1. The zero-order valence-corrected chi connectivity index (χ0v) is 11.0. The van der Waals surface area contributed by atoms with Crippen LogP contribution >= 0.6 is 0 Å². The molecule has 2 unspecified atom stereocenters. The molecule has 3 rings (SSSR count). The molecule has 5 heteroatoms. The molecule has 0 bridgehead atoms. The minimum absolute atomic E-state index is 0.115. The van der Waals surface area contributed by atoms with Crippen LogP contribution in [-0.4, -0.2) is 43.7 Å². The predicted molar refractivity (Wildman–Crippen MR) is 69.8 cm³/mol. The van der Waals surface area contributed by atoms with E-state index in [1.165, 1.54) is 0 Å². The average Bonchev–Trinajstić information content (AvgIpc) is 3.07. The van der Waals surface area contributed by atoms with Crippen molar-refractivity contribution in [3.8, 4) is 5.75 Å². The minimum Gasteiger partial charge on any atom is -0.496 e. The number of rotatable bonds is 3. The molecule has 2 fully saturated rings. The summed E-state index contributed by atoms with van der Waals surface area (Å²) < 4.78 is 10.8. The van der Waals surface area contributed by atoms with E-state index in [1.54, 1.807) is 7.11 Å². The highest BCUT2D eigenvalue weighted by Gasteiger charge is 2.39. The van der Waals surface area contributed by atoms with Crippen molar-refractivity contribution < 1.29 is 14.3 Å². The molecule has 1 aromatic carbocycles. The van der Waals surface area contributed by atoms with E-state index in [-0.39, 0.29) is 18.1 Å². The van der Waals surface area contributed by atoms with Crippen LogP contribution in [0.2, 0.25) is 0 Å². The van der Waals surface area contributed by atoms with Gasteiger partial charge in [-0.1, -0.05) is 18.2 Å². The van der Waals surface area contributed by atoms with Gasteiger partial charge in [-0.15, -0.1) is 0 Å². The van der Waals surface area contributed by atoms with E-state index in [0.717, 1.165) is 24.3 Å². The van der Waals surface area contributed by atoms with Gasteiger partial charge in [0.05, 0.1) is 26.3 Å². The first-order chi connectivity index (χ1) is 9.31. The van der Waals surface area contributed by atoms with E-state index in [9.17, 15) is 4.79 Å². The summed E-state index contributed by atoms with van der Waals surface area (Å²) in [5, 5.41) is 3.27. The molecule has 1 N–H and O–H groups in total. The lowest BCUT2D eigenvalue weighted by Gasteiger charge is -2.30. The summed E-state index contributed by atoms with van der Waals surface area (Å²) in [6.45, 7) is 1.73. The summed E-state index contributed by atoms with van der Waals surface area (Å²) in [6.07, 6.45) is 0.786. The van der Waals surface area contributed by atoms with Gasteiger partial charge in [0.25, 0.3) is 0 Å². The lowest BCUT2D eigenvalue weighted by molar-refractivity contribution is -0.130. The molecule has 2 aliphatic heterocycles. The Morgan fingerprint density at radius 2 is 2.26 bits per heavy atom. The quantitative estimate of drug-likeness (QED) is 0.880. The van der Waals surface area contributed by atoms with Gasteiger partial charge in [-0.3, -0.25) is 10.1 Å². The molecule has 2 saturated heterocycles. The second-order valence-corrected chi connectivity index (χ2v) is 4.84. The Morgan fingerprint density at radius 3 is 3.00 bits per heavy atom. The van der Waals surface area contributed by atoms with E-state index in [1.807, 2.05) is 29.2 Å². The fourth-order valence-corrected chi connectivity index (χ4v) is 2.83. The van der Waals surface area contributed by atoms with Gasteiger partial charge in [0.15, 0.2) is 0 Å². The Bertz CT molecular complexity index is 472. The molecule has 5 nitrogen and oxygen atoms in total. The fraction of sp³-hybridized carbons (Fsp3) is 0.500. The van der Waals surface area contributed by atoms with Gasteiger partial charge in [-0.05, 0) is 12.5 Å². The first kappa shape index (κ1) is 12.4. The van der Waals surface area contributed by atoms with Crippen LogP contribution in [0.5, 0.6) is 5.75 Å². The normalized spacial score (nSPS) is 27.0. The molecular weight excluding hydrogens is 244 g/mol. The molecule has 2 atom stereocenters. The first-order valence-electron chi connectivity index (χ1n) is 6.56. The molecule has 0 aromatic heterocycles. The lowest BCUT2D eigenvalue weighted by Crippen LogP contribution is -2.40. The van der Waals surface area contributed by atoms with Crippen molar-refractivity contribution >= 4 is 5.91 Å². The van der Waals surface area contributed by atoms with Crippen LogP contribution in [0.4, 0.5) is 0 Å². The number of methoxy groups -OCH3 is 1. The van der Waals surface area contributed by atoms with E-state index >= 15 is 0 Å². The zero-order chi connectivity index (χ0) is 13.2. The highest BCUT2D eigenvalue weighted by Crippen LogP contribution is 2.33. The SMILES string of the molecule is COc1ccccc1C1NCC(=O)N1C1CCOC1. The Morgan fingerprint density at radius 1 is 1.42 bits per heavy atom. The number of benzene rings is 1.